The fourth-order valence-corrected chi connectivity index (χ4v) is 4.67. The third-order valence-corrected chi connectivity index (χ3v) is 5.84. The fourth-order valence-electron chi connectivity index (χ4n) is 4.67. The quantitative estimate of drug-likeness (QED) is 0.682. The van der Waals surface area contributed by atoms with Crippen LogP contribution in [0.3, 0.4) is 0 Å². The molecule has 1 fully saturated rings. The minimum Gasteiger partial charge on any atom is -0.335 e. The monoisotopic (exact) mass is 331 g/mol. The largest absolute Gasteiger partial charge is 0.335 e. The van der Waals surface area contributed by atoms with Gasteiger partial charge in [-0.2, -0.15) is 0 Å². The lowest BCUT2D eigenvalue weighted by Crippen LogP contribution is -2.49. The van der Waals surface area contributed by atoms with Gasteiger partial charge in [0.1, 0.15) is 5.65 Å². The highest BCUT2D eigenvalue weighted by Gasteiger charge is 2.38. The van der Waals surface area contributed by atoms with Gasteiger partial charge in [-0.3, -0.25) is 4.79 Å². The second kappa shape index (κ2) is 5.73. The lowest BCUT2D eigenvalue weighted by molar-refractivity contribution is 0.0546. The predicted molar refractivity (Wildman–Crippen MR) is 96.8 cm³/mol. The van der Waals surface area contributed by atoms with Gasteiger partial charge in [-0.1, -0.05) is 24.3 Å². The van der Waals surface area contributed by atoms with Crippen molar-refractivity contribution in [2.45, 2.75) is 37.6 Å². The van der Waals surface area contributed by atoms with Crippen molar-refractivity contribution < 1.29 is 4.79 Å². The van der Waals surface area contributed by atoms with Crippen LogP contribution in [-0.2, 0) is 6.42 Å². The Labute approximate surface area is 147 Å². The Morgan fingerprint density at radius 3 is 3.00 bits per heavy atom. The number of amides is 1. The molecule has 2 unspecified atom stereocenters. The summed E-state index contributed by atoms with van der Waals surface area (Å²) in [6, 6.07) is 12.9. The summed E-state index contributed by atoms with van der Waals surface area (Å²) in [5.41, 5.74) is 4.56. The van der Waals surface area contributed by atoms with Crippen LogP contribution >= 0.6 is 0 Å². The zero-order valence-corrected chi connectivity index (χ0v) is 14.1. The summed E-state index contributed by atoms with van der Waals surface area (Å²) >= 11 is 0. The summed E-state index contributed by atoms with van der Waals surface area (Å²) in [5.74, 6) is 0.643. The molecule has 0 spiro atoms. The Morgan fingerprint density at radius 2 is 2.04 bits per heavy atom. The maximum atomic E-state index is 13.2. The average molecular weight is 331 g/mol. The number of benzene rings is 1. The molecule has 25 heavy (non-hydrogen) atoms. The van der Waals surface area contributed by atoms with Gasteiger partial charge in [-0.05, 0) is 48.9 Å². The van der Waals surface area contributed by atoms with E-state index in [1.165, 1.54) is 17.5 Å². The van der Waals surface area contributed by atoms with E-state index in [-0.39, 0.29) is 5.91 Å². The molecule has 2 aromatic heterocycles. The first-order valence-electron chi connectivity index (χ1n) is 9.13. The van der Waals surface area contributed by atoms with Crippen molar-refractivity contribution >= 4 is 11.6 Å². The van der Waals surface area contributed by atoms with E-state index in [1.54, 1.807) is 6.20 Å². The highest BCUT2D eigenvalue weighted by atomic mass is 16.2. The van der Waals surface area contributed by atoms with Crippen LogP contribution in [0.15, 0.2) is 55.0 Å². The lowest BCUT2D eigenvalue weighted by atomic mass is 9.74. The first-order chi connectivity index (χ1) is 12.3. The molecule has 0 N–H and O–H groups in total. The molecular formula is C21H21N3O. The van der Waals surface area contributed by atoms with Gasteiger partial charge in [0, 0.05) is 37.1 Å². The van der Waals surface area contributed by atoms with Gasteiger partial charge in [-0.15, -0.1) is 0 Å². The van der Waals surface area contributed by atoms with E-state index < -0.39 is 0 Å². The normalized spacial score (nSPS) is 22.5. The number of hydrogen-bond acceptors (Lipinski definition) is 2. The topological polar surface area (TPSA) is 37.6 Å². The van der Waals surface area contributed by atoms with E-state index in [2.05, 4.69) is 34.1 Å². The molecule has 0 radical (unpaired) electrons. The zero-order valence-electron chi connectivity index (χ0n) is 14.1. The maximum Gasteiger partial charge on any atom is 0.255 e. The van der Waals surface area contributed by atoms with Crippen LogP contribution in [0.4, 0.5) is 0 Å². The third kappa shape index (κ3) is 2.36. The molecular weight excluding hydrogens is 310 g/mol. The summed E-state index contributed by atoms with van der Waals surface area (Å²) in [6.07, 6.45) is 9.97. The smallest absolute Gasteiger partial charge is 0.255 e. The number of aromatic nitrogens is 2. The molecule has 1 saturated heterocycles. The molecule has 3 aromatic rings. The fraction of sp³-hybridized carbons (Fsp3) is 0.333. The van der Waals surface area contributed by atoms with Crippen LogP contribution in [0.5, 0.6) is 0 Å². The number of fused-ring (bicyclic) bond motifs is 4. The van der Waals surface area contributed by atoms with Crippen LogP contribution in [0.25, 0.3) is 5.65 Å². The Bertz CT molecular complexity index is 945. The Morgan fingerprint density at radius 1 is 1.12 bits per heavy atom. The first kappa shape index (κ1) is 14.7. The molecule has 1 aliphatic heterocycles. The lowest BCUT2D eigenvalue weighted by Gasteiger charge is -2.45. The number of pyridine rings is 1. The second-order valence-electron chi connectivity index (χ2n) is 7.16. The Kier molecular flexibility index (Phi) is 3.37. The molecule has 2 atom stereocenters. The first-order valence-corrected chi connectivity index (χ1v) is 9.13. The van der Waals surface area contributed by atoms with Crippen molar-refractivity contribution in [1.82, 2.24) is 14.3 Å². The summed E-state index contributed by atoms with van der Waals surface area (Å²) in [5, 5.41) is 0. The number of imidazole rings is 1. The van der Waals surface area contributed by atoms with E-state index in [1.807, 2.05) is 28.9 Å². The van der Waals surface area contributed by atoms with Crippen molar-refractivity contribution in [3.63, 3.8) is 0 Å². The number of nitrogens with zero attached hydrogens (tertiary/aromatic N) is 3. The van der Waals surface area contributed by atoms with E-state index in [4.69, 9.17) is 0 Å². The van der Waals surface area contributed by atoms with Gasteiger partial charge >= 0.3 is 0 Å². The number of rotatable bonds is 1. The highest BCUT2D eigenvalue weighted by molar-refractivity contribution is 5.94. The number of likely N-dealkylation sites (tertiary alicyclic amines) is 1. The van der Waals surface area contributed by atoms with Crippen LogP contribution in [-0.4, -0.2) is 32.8 Å². The second-order valence-corrected chi connectivity index (χ2v) is 7.16. The van der Waals surface area contributed by atoms with E-state index >= 15 is 0 Å². The number of piperidine rings is 1. The average Bonchev–Trinajstić information content (AvgIpc) is 3.14. The van der Waals surface area contributed by atoms with E-state index in [0.717, 1.165) is 37.0 Å². The summed E-state index contributed by atoms with van der Waals surface area (Å²) in [7, 11) is 0. The van der Waals surface area contributed by atoms with Gasteiger partial charge in [0.25, 0.3) is 5.91 Å². The third-order valence-electron chi connectivity index (χ3n) is 5.84. The number of aryl methyl sites for hydroxylation is 1. The molecule has 1 aromatic carbocycles. The van der Waals surface area contributed by atoms with Crippen LogP contribution in [0.2, 0.25) is 0 Å². The molecule has 4 nitrogen and oxygen atoms in total. The standard InChI is InChI=1S/C21H21N3O/c25-21(16-8-10-20-22-11-13-23(20)14-16)24-12-3-6-18-17-5-2-1-4-15(17)7-9-19(18)24/h1-2,4-5,8,10-11,13-14,18-19H,3,6-7,9,12H2. The molecule has 0 bridgehead atoms. The van der Waals surface area contributed by atoms with E-state index in [0.29, 0.717) is 12.0 Å². The molecule has 5 rings (SSSR count). The predicted octanol–water partition coefficient (Wildman–Crippen LogP) is 3.67. The van der Waals surface area contributed by atoms with Gasteiger partial charge in [0.05, 0.1) is 5.56 Å². The van der Waals surface area contributed by atoms with Gasteiger partial charge in [-0.25, -0.2) is 4.98 Å². The van der Waals surface area contributed by atoms with Crippen LogP contribution in [0, 0.1) is 0 Å². The van der Waals surface area contributed by atoms with Crippen molar-refractivity contribution in [3.05, 3.63) is 71.7 Å². The van der Waals surface area contributed by atoms with Gasteiger partial charge in [0.2, 0.25) is 0 Å². The van der Waals surface area contributed by atoms with Gasteiger partial charge in [0.15, 0.2) is 0 Å². The maximum absolute atomic E-state index is 13.2. The zero-order chi connectivity index (χ0) is 16.8. The molecule has 1 amide bonds. The van der Waals surface area contributed by atoms with Crippen molar-refractivity contribution in [2.75, 3.05) is 6.54 Å². The number of carbonyl (C=O) groups is 1. The van der Waals surface area contributed by atoms with E-state index in [9.17, 15) is 4.79 Å². The Balaban J connectivity index is 1.48. The SMILES string of the molecule is O=C(c1ccc2nccn2c1)N1CCCC2c3ccccc3CCC21. The number of hydrogen-bond donors (Lipinski definition) is 0. The Hall–Kier alpha value is -2.62. The highest BCUT2D eigenvalue weighted by Crippen LogP contribution is 2.41. The number of carbonyl (C=O) groups excluding carboxylic acids is 1. The minimum absolute atomic E-state index is 0.157. The van der Waals surface area contributed by atoms with Crippen molar-refractivity contribution in [3.8, 4) is 0 Å². The van der Waals surface area contributed by atoms with Crippen molar-refractivity contribution in [2.24, 2.45) is 0 Å². The molecule has 126 valence electrons. The minimum atomic E-state index is 0.157. The molecule has 2 aliphatic rings. The van der Waals surface area contributed by atoms with Crippen molar-refractivity contribution in [1.29, 1.82) is 0 Å². The summed E-state index contributed by atoms with van der Waals surface area (Å²) in [4.78, 5) is 19.6. The molecule has 4 heteroatoms. The van der Waals surface area contributed by atoms with Crippen LogP contribution < -0.4 is 0 Å². The summed E-state index contributed by atoms with van der Waals surface area (Å²) in [6.45, 7) is 0.865. The summed E-state index contributed by atoms with van der Waals surface area (Å²) < 4.78 is 1.92. The molecule has 0 saturated carbocycles. The molecule has 1 aliphatic carbocycles. The van der Waals surface area contributed by atoms with Gasteiger partial charge < -0.3 is 9.30 Å². The van der Waals surface area contributed by atoms with Crippen LogP contribution in [0.1, 0.15) is 46.7 Å². The molecule has 3 heterocycles.